The van der Waals surface area contributed by atoms with Crippen molar-refractivity contribution in [1.29, 1.82) is 0 Å². The summed E-state index contributed by atoms with van der Waals surface area (Å²) in [4.78, 5) is 0. The molecule has 3 saturated carbocycles. The van der Waals surface area contributed by atoms with Gasteiger partial charge in [-0.1, -0.05) is 76.4 Å². The van der Waals surface area contributed by atoms with Gasteiger partial charge in [-0.25, -0.2) is 0 Å². The average Bonchev–Trinajstić information content (AvgIpc) is 2.93. The van der Waals surface area contributed by atoms with Crippen molar-refractivity contribution in [1.82, 2.24) is 0 Å². The van der Waals surface area contributed by atoms with Crippen molar-refractivity contribution in [2.24, 2.45) is 41.4 Å². The largest absolute Gasteiger partial charge is 0.374 e. The minimum atomic E-state index is -1.50. The van der Waals surface area contributed by atoms with Crippen LogP contribution in [0.4, 0.5) is 8.78 Å². The summed E-state index contributed by atoms with van der Waals surface area (Å²) in [5.74, 6) is 6.31. The van der Waals surface area contributed by atoms with E-state index in [4.69, 9.17) is 4.74 Å². The lowest BCUT2D eigenvalue weighted by Crippen LogP contribution is -2.31. The first kappa shape index (κ1) is 29.3. The Morgan fingerprint density at radius 3 is 1.51 bits per heavy atom. The van der Waals surface area contributed by atoms with Gasteiger partial charge in [0, 0.05) is 0 Å². The number of ether oxygens (including phenoxy) is 1. The number of unbranched alkanes of at least 4 members (excludes halogenated alkanes) is 1. The second-order valence-corrected chi connectivity index (χ2v) is 13.4. The molecule has 0 aromatic rings. The zero-order valence-corrected chi connectivity index (χ0v) is 23.9. The summed E-state index contributed by atoms with van der Waals surface area (Å²) >= 11 is 0. The highest BCUT2D eigenvalue weighted by molar-refractivity contribution is 4.91. The summed E-state index contributed by atoms with van der Waals surface area (Å²) in [6.07, 6.45) is 31.3. The lowest BCUT2D eigenvalue weighted by atomic mass is 9.68. The Balaban J connectivity index is 1.01. The van der Waals surface area contributed by atoms with Crippen LogP contribution < -0.4 is 0 Å². The number of halogens is 2. The van der Waals surface area contributed by atoms with Crippen LogP contribution >= 0.6 is 0 Å². The van der Waals surface area contributed by atoms with E-state index < -0.39 is 6.08 Å². The molecule has 4 aliphatic rings. The van der Waals surface area contributed by atoms with Gasteiger partial charge in [0.05, 0.1) is 12.7 Å². The van der Waals surface area contributed by atoms with Crippen LogP contribution in [-0.2, 0) is 4.74 Å². The van der Waals surface area contributed by atoms with E-state index in [0.29, 0.717) is 18.4 Å². The zero-order chi connectivity index (χ0) is 25.9. The molecule has 212 valence electrons. The fraction of sp³-hybridized carbons (Fsp3) is 0.882. The van der Waals surface area contributed by atoms with Crippen LogP contribution in [0.2, 0.25) is 0 Å². The lowest BCUT2D eigenvalue weighted by Gasteiger charge is -2.38. The molecule has 1 saturated heterocycles. The SMILES string of the molecule is C/C=C/C1CCC(C2CCC(CCCCC3CCC(C4CCC(CCC=C(F)F)CC4)CC3)CC2)CO1. The molecule has 2 atom stereocenters. The standard InChI is InChI=1S/C34H56F2O/c1-2-6-33-24-23-32(25-37-33)31-21-15-27(16-22-31)8-4-3-7-26-11-17-29(18-12-26)30-19-13-28(14-20-30)9-5-10-34(35)36/h2,6,10,26-33H,3-5,7-9,11-25H2,1H3/b6-2+. The maximum atomic E-state index is 12.3. The van der Waals surface area contributed by atoms with Crippen LogP contribution in [0.25, 0.3) is 0 Å². The molecule has 4 rings (SSSR count). The molecule has 0 amide bonds. The van der Waals surface area contributed by atoms with Crippen LogP contribution in [0, 0.1) is 41.4 Å². The van der Waals surface area contributed by atoms with Gasteiger partial charge >= 0.3 is 0 Å². The third kappa shape index (κ3) is 9.77. The molecule has 37 heavy (non-hydrogen) atoms. The van der Waals surface area contributed by atoms with Crippen molar-refractivity contribution in [2.75, 3.05) is 6.61 Å². The maximum absolute atomic E-state index is 12.3. The van der Waals surface area contributed by atoms with Gasteiger partial charge in [0.1, 0.15) is 0 Å². The highest BCUT2D eigenvalue weighted by Crippen LogP contribution is 2.44. The molecule has 3 heteroatoms. The van der Waals surface area contributed by atoms with Gasteiger partial charge in [-0.3, -0.25) is 0 Å². The third-order valence-corrected chi connectivity index (χ3v) is 11.1. The van der Waals surface area contributed by atoms with E-state index in [2.05, 4.69) is 19.1 Å². The Morgan fingerprint density at radius 2 is 1.08 bits per heavy atom. The van der Waals surface area contributed by atoms with Crippen molar-refractivity contribution in [3.63, 3.8) is 0 Å². The van der Waals surface area contributed by atoms with E-state index in [0.717, 1.165) is 54.6 Å². The van der Waals surface area contributed by atoms with Crippen molar-refractivity contribution in [2.45, 2.75) is 141 Å². The molecular formula is C34H56F2O. The molecule has 1 heterocycles. The van der Waals surface area contributed by atoms with E-state index in [1.165, 1.54) is 116 Å². The van der Waals surface area contributed by atoms with E-state index in [-0.39, 0.29) is 0 Å². The van der Waals surface area contributed by atoms with Gasteiger partial charge in [0.2, 0.25) is 0 Å². The molecule has 0 aromatic heterocycles. The number of hydrogen-bond acceptors (Lipinski definition) is 1. The Kier molecular flexibility index (Phi) is 12.5. The van der Waals surface area contributed by atoms with Crippen LogP contribution in [0.1, 0.15) is 135 Å². The van der Waals surface area contributed by atoms with Gasteiger partial charge in [-0.15, -0.1) is 0 Å². The second-order valence-electron chi connectivity index (χ2n) is 13.4. The Bertz CT molecular complexity index is 666. The molecule has 1 aliphatic heterocycles. The maximum Gasteiger partial charge on any atom is 0.266 e. The normalized spacial score (nSPS) is 37.5. The van der Waals surface area contributed by atoms with Crippen molar-refractivity contribution in [3.8, 4) is 0 Å². The first-order valence-electron chi connectivity index (χ1n) is 16.4. The number of hydrogen-bond donors (Lipinski definition) is 0. The highest BCUT2D eigenvalue weighted by Gasteiger charge is 2.32. The summed E-state index contributed by atoms with van der Waals surface area (Å²) < 4.78 is 30.6. The van der Waals surface area contributed by atoms with Gasteiger partial charge in [0.25, 0.3) is 6.08 Å². The first-order valence-corrected chi connectivity index (χ1v) is 16.4. The van der Waals surface area contributed by atoms with E-state index in [1.807, 2.05) is 0 Å². The van der Waals surface area contributed by atoms with Gasteiger partial charge in [-0.2, -0.15) is 8.78 Å². The quantitative estimate of drug-likeness (QED) is 0.195. The summed E-state index contributed by atoms with van der Waals surface area (Å²) in [6, 6.07) is 0. The Labute approximate surface area is 227 Å². The molecule has 1 nitrogen and oxygen atoms in total. The molecule has 0 radical (unpaired) electrons. The molecule has 3 aliphatic carbocycles. The van der Waals surface area contributed by atoms with Crippen molar-refractivity contribution < 1.29 is 13.5 Å². The summed E-state index contributed by atoms with van der Waals surface area (Å²) in [5.41, 5.74) is 0. The van der Waals surface area contributed by atoms with Gasteiger partial charge in [0.15, 0.2) is 0 Å². The Hall–Kier alpha value is -0.700. The molecule has 4 fully saturated rings. The highest BCUT2D eigenvalue weighted by atomic mass is 19.3. The molecule has 0 bridgehead atoms. The zero-order valence-electron chi connectivity index (χ0n) is 23.9. The average molecular weight is 519 g/mol. The van der Waals surface area contributed by atoms with Crippen molar-refractivity contribution >= 4 is 0 Å². The van der Waals surface area contributed by atoms with E-state index >= 15 is 0 Å². The molecule has 2 unspecified atom stereocenters. The molecule has 0 spiro atoms. The van der Waals surface area contributed by atoms with Crippen LogP contribution in [0.3, 0.4) is 0 Å². The molecule has 0 aromatic carbocycles. The van der Waals surface area contributed by atoms with Crippen molar-refractivity contribution in [3.05, 3.63) is 24.3 Å². The van der Waals surface area contributed by atoms with Gasteiger partial charge < -0.3 is 4.74 Å². The Morgan fingerprint density at radius 1 is 0.622 bits per heavy atom. The fourth-order valence-corrected chi connectivity index (χ4v) is 8.67. The number of rotatable bonds is 11. The smallest absolute Gasteiger partial charge is 0.266 e. The third-order valence-electron chi connectivity index (χ3n) is 11.1. The summed E-state index contributed by atoms with van der Waals surface area (Å²) in [5, 5.41) is 0. The van der Waals surface area contributed by atoms with Gasteiger partial charge in [-0.05, 0) is 119 Å². The number of allylic oxidation sites excluding steroid dienone is 2. The molecule has 0 N–H and O–H groups in total. The predicted molar refractivity (Wildman–Crippen MR) is 152 cm³/mol. The molecular weight excluding hydrogens is 462 g/mol. The summed E-state index contributed by atoms with van der Waals surface area (Å²) in [6.45, 7) is 3.09. The van der Waals surface area contributed by atoms with Crippen LogP contribution in [0.15, 0.2) is 24.3 Å². The van der Waals surface area contributed by atoms with E-state index in [1.54, 1.807) is 0 Å². The van der Waals surface area contributed by atoms with Crippen LogP contribution in [-0.4, -0.2) is 12.7 Å². The first-order chi connectivity index (χ1) is 18.1. The lowest BCUT2D eigenvalue weighted by molar-refractivity contribution is -0.0168. The second kappa shape index (κ2) is 15.8. The minimum absolute atomic E-state index is 0.379. The topological polar surface area (TPSA) is 9.23 Å². The predicted octanol–water partition coefficient (Wildman–Crippen LogP) is 10.9. The fourth-order valence-electron chi connectivity index (χ4n) is 8.67. The summed E-state index contributed by atoms with van der Waals surface area (Å²) in [7, 11) is 0. The minimum Gasteiger partial charge on any atom is -0.374 e. The monoisotopic (exact) mass is 518 g/mol. The van der Waals surface area contributed by atoms with E-state index in [9.17, 15) is 8.78 Å². The van der Waals surface area contributed by atoms with Crippen LogP contribution in [0.5, 0.6) is 0 Å².